The van der Waals surface area contributed by atoms with Gasteiger partial charge in [-0.25, -0.2) is 21.6 Å². The predicted octanol–water partition coefficient (Wildman–Crippen LogP) is 1.25. The van der Waals surface area contributed by atoms with Crippen molar-refractivity contribution in [2.75, 3.05) is 12.5 Å². The van der Waals surface area contributed by atoms with E-state index in [9.17, 15) is 26.7 Å². The molecule has 0 bridgehead atoms. The van der Waals surface area contributed by atoms with E-state index in [4.69, 9.17) is 9.47 Å². The van der Waals surface area contributed by atoms with Crippen LogP contribution >= 0.6 is 0 Å². The summed E-state index contributed by atoms with van der Waals surface area (Å²) < 4.78 is 60.2. The molecule has 144 valence electrons. The van der Waals surface area contributed by atoms with E-state index in [0.717, 1.165) is 18.6 Å². The summed E-state index contributed by atoms with van der Waals surface area (Å²) in [6.07, 6.45) is 1.14. The van der Waals surface area contributed by atoms with Gasteiger partial charge in [-0.05, 0) is 33.8 Å². The van der Waals surface area contributed by atoms with Crippen molar-refractivity contribution < 1.29 is 36.2 Å². The zero-order valence-corrected chi connectivity index (χ0v) is 16.7. The van der Waals surface area contributed by atoms with Crippen molar-refractivity contribution >= 4 is 25.6 Å². The van der Waals surface area contributed by atoms with Gasteiger partial charge in [0.15, 0.2) is 24.6 Å². The molecule has 1 aliphatic carbocycles. The van der Waals surface area contributed by atoms with Gasteiger partial charge in [0.1, 0.15) is 10.7 Å². The van der Waals surface area contributed by atoms with Gasteiger partial charge in [-0.2, -0.15) is 0 Å². The second-order valence-electron chi connectivity index (χ2n) is 6.48. The van der Waals surface area contributed by atoms with Gasteiger partial charge in [-0.1, -0.05) is 0 Å². The first-order chi connectivity index (χ1) is 11.1. The lowest BCUT2D eigenvalue weighted by atomic mass is 10.0. The van der Waals surface area contributed by atoms with Crippen LogP contribution in [-0.4, -0.2) is 57.6 Å². The van der Waals surface area contributed by atoms with E-state index in [1.54, 1.807) is 27.7 Å². The SMILES string of the molecule is CC(C)OC1=C(S(C)(=O)=O)C(C(=O)O)=CC(OC(C)C)(S(C)(=O)=O)C1. The van der Waals surface area contributed by atoms with Gasteiger partial charge in [0.05, 0.1) is 24.2 Å². The summed E-state index contributed by atoms with van der Waals surface area (Å²) >= 11 is 0. The molecule has 1 aliphatic rings. The highest BCUT2D eigenvalue weighted by atomic mass is 32.2. The summed E-state index contributed by atoms with van der Waals surface area (Å²) in [4.78, 5) is 9.12. The van der Waals surface area contributed by atoms with Crippen molar-refractivity contribution in [2.24, 2.45) is 0 Å². The number of sulfone groups is 2. The zero-order valence-electron chi connectivity index (χ0n) is 15.1. The van der Waals surface area contributed by atoms with Crippen molar-refractivity contribution in [1.82, 2.24) is 0 Å². The average Bonchev–Trinajstić information content (AvgIpc) is 2.33. The molecule has 1 atom stereocenters. The van der Waals surface area contributed by atoms with E-state index < -0.39 is 59.7 Å². The van der Waals surface area contributed by atoms with Crippen LogP contribution in [0.3, 0.4) is 0 Å². The lowest BCUT2D eigenvalue weighted by Gasteiger charge is -2.36. The maximum absolute atomic E-state index is 12.4. The topological polar surface area (TPSA) is 124 Å². The molecule has 0 saturated carbocycles. The fourth-order valence-corrected chi connectivity index (χ4v) is 4.71. The molecule has 0 amide bonds. The lowest BCUT2D eigenvalue weighted by Crippen LogP contribution is -2.45. The minimum Gasteiger partial charge on any atom is -0.494 e. The van der Waals surface area contributed by atoms with Gasteiger partial charge < -0.3 is 14.6 Å². The fourth-order valence-electron chi connectivity index (χ4n) is 2.54. The lowest BCUT2D eigenvalue weighted by molar-refractivity contribution is -0.132. The first-order valence-electron chi connectivity index (χ1n) is 7.54. The Morgan fingerprint density at radius 2 is 1.64 bits per heavy atom. The first kappa shape index (κ1) is 21.7. The fraction of sp³-hybridized carbons (Fsp3) is 0.667. The summed E-state index contributed by atoms with van der Waals surface area (Å²) in [5.74, 6) is -1.81. The zero-order chi connectivity index (χ0) is 19.8. The van der Waals surface area contributed by atoms with Crippen molar-refractivity contribution in [3.05, 3.63) is 22.3 Å². The van der Waals surface area contributed by atoms with Crippen LogP contribution in [0.5, 0.6) is 0 Å². The number of aliphatic carboxylic acids is 1. The normalized spacial score (nSPS) is 22.3. The van der Waals surface area contributed by atoms with Crippen LogP contribution in [0, 0.1) is 0 Å². The van der Waals surface area contributed by atoms with Crippen LogP contribution in [0.4, 0.5) is 0 Å². The molecule has 25 heavy (non-hydrogen) atoms. The summed E-state index contributed by atoms with van der Waals surface area (Å²) in [7, 11) is -7.94. The van der Waals surface area contributed by atoms with E-state index in [2.05, 4.69) is 0 Å². The van der Waals surface area contributed by atoms with Gasteiger partial charge in [0, 0.05) is 12.5 Å². The van der Waals surface area contributed by atoms with Gasteiger partial charge in [0.25, 0.3) is 0 Å². The third-order valence-corrected chi connectivity index (χ3v) is 6.11. The van der Waals surface area contributed by atoms with Crippen molar-refractivity contribution in [3.8, 4) is 0 Å². The van der Waals surface area contributed by atoms with Gasteiger partial charge >= 0.3 is 5.97 Å². The number of carboxylic acid groups (broad SMARTS) is 1. The number of carbonyl (C=O) groups is 1. The Morgan fingerprint density at radius 3 is 1.96 bits per heavy atom. The standard InChI is InChI=1S/C15H24O8S2/c1-9(2)22-12-8-15(23-10(3)4,25(6,20)21)7-11(14(16)17)13(12)24(5,18)19/h7,9-10H,8H2,1-6H3,(H,16,17). The molecule has 0 aliphatic heterocycles. The summed E-state index contributed by atoms with van der Waals surface area (Å²) in [5, 5.41) is 9.48. The predicted molar refractivity (Wildman–Crippen MR) is 92.2 cm³/mol. The van der Waals surface area contributed by atoms with Crippen molar-refractivity contribution in [3.63, 3.8) is 0 Å². The Hall–Kier alpha value is -1.39. The molecule has 0 fully saturated rings. The molecule has 0 saturated heterocycles. The average molecular weight is 396 g/mol. The Bertz CT molecular complexity index is 816. The molecule has 0 spiro atoms. The maximum atomic E-state index is 12.4. The number of hydrogen-bond acceptors (Lipinski definition) is 7. The van der Waals surface area contributed by atoms with E-state index >= 15 is 0 Å². The summed E-state index contributed by atoms with van der Waals surface area (Å²) in [5.41, 5.74) is -0.671. The third-order valence-electron chi connectivity index (χ3n) is 3.31. The first-order valence-corrected chi connectivity index (χ1v) is 11.3. The van der Waals surface area contributed by atoms with Crippen LogP contribution in [-0.2, 0) is 33.9 Å². The van der Waals surface area contributed by atoms with E-state index in [1.807, 2.05) is 0 Å². The second kappa shape index (κ2) is 7.08. The Kier molecular flexibility index (Phi) is 6.13. The molecule has 8 nitrogen and oxygen atoms in total. The Balaban J connectivity index is 3.84. The monoisotopic (exact) mass is 396 g/mol. The number of rotatable bonds is 7. The summed E-state index contributed by atoms with van der Waals surface area (Å²) in [6, 6.07) is 0. The van der Waals surface area contributed by atoms with Crippen LogP contribution in [0.1, 0.15) is 34.1 Å². The van der Waals surface area contributed by atoms with Gasteiger partial charge in [-0.15, -0.1) is 0 Å². The highest BCUT2D eigenvalue weighted by molar-refractivity contribution is 7.95. The molecule has 0 heterocycles. The largest absolute Gasteiger partial charge is 0.494 e. The molecule has 10 heteroatoms. The minimum atomic E-state index is -3.98. The summed E-state index contributed by atoms with van der Waals surface area (Å²) in [6.45, 7) is 6.44. The molecular formula is C15H24O8S2. The van der Waals surface area contributed by atoms with E-state index in [0.29, 0.717) is 0 Å². The molecule has 0 aromatic rings. The molecule has 1 rings (SSSR count). The van der Waals surface area contributed by atoms with E-state index in [-0.39, 0.29) is 5.76 Å². The van der Waals surface area contributed by atoms with Crippen LogP contribution in [0.2, 0.25) is 0 Å². The maximum Gasteiger partial charge on any atom is 0.336 e. The van der Waals surface area contributed by atoms with Crippen LogP contribution in [0.15, 0.2) is 22.3 Å². The minimum absolute atomic E-state index is 0.233. The Labute approximate surface area is 148 Å². The number of carboxylic acids is 1. The molecule has 0 aromatic carbocycles. The van der Waals surface area contributed by atoms with E-state index in [1.165, 1.54) is 0 Å². The van der Waals surface area contributed by atoms with Crippen LogP contribution < -0.4 is 0 Å². The second-order valence-corrected chi connectivity index (χ2v) is 10.7. The highest BCUT2D eigenvalue weighted by Crippen LogP contribution is 2.41. The number of ether oxygens (including phenoxy) is 2. The van der Waals surface area contributed by atoms with Gasteiger partial charge in [-0.3, -0.25) is 0 Å². The highest BCUT2D eigenvalue weighted by Gasteiger charge is 2.49. The molecule has 0 aromatic heterocycles. The smallest absolute Gasteiger partial charge is 0.336 e. The quantitative estimate of drug-likeness (QED) is 0.682. The Morgan fingerprint density at radius 1 is 1.12 bits per heavy atom. The molecule has 1 unspecified atom stereocenters. The van der Waals surface area contributed by atoms with Crippen molar-refractivity contribution in [1.29, 1.82) is 0 Å². The van der Waals surface area contributed by atoms with Crippen LogP contribution in [0.25, 0.3) is 0 Å². The van der Waals surface area contributed by atoms with Crippen molar-refractivity contribution in [2.45, 2.75) is 51.3 Å². The molecule has 0 radical (unpaired) electrons. The molecular weight excluding hydrogens is 372 g/mol. The van der Waals surface area contributed by atoms with Gasteiger partial charge in [0.2, 0.25) is 0 Å². The molecule has 1 N–H and O–H groups in total. The number of hydrogen-bond donors (Lipinski definition) is 1. The third kappa shape index (κ3) is 4.83.